The fraction of sp³-hybridized carbons (Fsp3) is 0.500. The summed E-state index contributed by atoms with van der Waals surface area (Å²) >= 11 is 0. The summed E-state index contributed by atoms with van der Waals surface area (Å²) in [5.41, 5.74) is 0.154. The standard InChI is InChI=1S/C20H26N2O3/c1-20(2,24)17-10-7-13-22(17)19(23)12-6-11-18-21-14-16(25-18)15-8-4-3-5-9-15/h3-5,8-9,14,17,24H,6-7,10-13H2,1-2H3. The summed E-state index contributed by atoms with van der Waals surface area (Å²) in [4.78, 5) is 18.6. The average molecular weight is 342 g/mol. The van der Waals surface area contributed by atoms with Crippen molar-refractivity contribution < 1.29 is 14.3 Å². The minimum atomic E-state index is -0.848. The van der Waals surface area contributed by atoms with E-state index in [4.69, 9.17) is 4.42 Å². The molecule has 5 nitrogen and oxygen atoms in total. The third kappa shape index (κ3) is 4.28. The normalized spacial score (nSPS) is 17.9. The maximum Gasteiger partial charge on any atom is 0.222 e. The van der Waals surface area contributed by atoms with Gasteiger partial charge in [-0.1, -0.05) is 30.3 Å². The lowest BCUT2D eigenvalue weighted by molar-refractivity contribution is -0.136. The average Bonchev–Trinajstić information content (AvgIpc) is 3.24. The minimum Gasteiger partial charge on any atom is -0.441 e. The number of carbonyl (C=O) groups is 1. The van der Waals surface area contributed by atoms with Gasteiger partial charge < -0.3 is 14.4 Å². The zero-order valence-corrected chi connectivity index (χ0v) is 14.9. The summed E-state index contributed by atoms with van der Waals surface area (Å²) in [6.45, 7) is 4.30. The molecule has 134 valence electrons. The van der Waals surface area contributed by atoms with Crippen molar-refractivity contribution in [3.8, 4) is 11.3 Å². The molecule has 2 aromatic rings. The highest BCUT2D eigenvalue weighted by Crippen LogP contribution is 2.27. The lowest BCUT2D eigenvalue weighted by Gasteiger charge is -2.33. The van der Waals surface area contributed by atoms with Crippen LogP contribution in [0.2, 0.25) is 0 Å². The van der Waals surface area contributed by atoms with Crippen LogP contribution in [0.25, 0.3) is 11.3 Å². The first-order valence-corrected chi connectivity index (χ1v) is 8.97. The molecule has 1 amide bonds. The van der Waals surface area contributed by atoms with E-state index in [0.29, 0.717) is 25.2 Å². The molecule has 1 aliphatic rings. The molecule has 3 rings (SSSR count). The van der Waals surface area contributed by atoms with Crippen LogP contribution >= 0.6 is 0 Å². The van der Waals surface area contributed by atoms with Crippen LogP contribution in [-0.2, 0) is 11.2 Å². The molecule has 0 aliphatic carbocycles. The molecule has 1 unspecified atom stereocenters. The van der Waals surface area contributed by atoms with Crippen LogP contribution in [0.15, 0.2) is 40.9 Å². The summed E-state index contributed by atoms with van der Waals surface area (Å²) < 4.78 is 5.78. The van der Waals surface area contributed by atoms with Gasteiger partial charge in [0.05, 0.1) is 17.8 Å². The van der Waals surface area contributed by atoms with Gasteiger partial charge in [0, 0.05) is 24.9 Å². The van der Waals surface area contributed by atoms with Crippen molar-refractivity contribution in [2.75, 3.05) is 6.54 Å². The van der Waals surface area contributed by atoms with E-state index in [1.54, 1.807) is 20.0 Å². The van der Waals surface area contributed by atoms with Crippen LogP contribution in [0.4, 0.5) is 0 Å². The highest BCUT2D eigenvalue weighted by Gasteiger charge is 2.37. The monoisotopic (exact) mass is 342 g/mol. The molecule has 1 saturated heterocycles. The predicted octanol–water partition coefficient (Wildman–Crippen LogP) is 3.43. The van der Waals surface area contributed by atoms with Gasteiger partial charge in [0.15, 0.2) is 11.7 Å². The zero-order chi connectivity index (χ0) is 17.9. The number of amides is 1. The Hall–Kier alpha value is -2.14. The smallest absolute Gasteiger partial charge is 0.222 e. The number of aryl methyl sites for hydroxylation is 1. The number of benzene rings is 1. The molecular formula is C20H26N2O3. The third-order valence-electron chi connectivity index (χ3n) is 4.78. The number of hydrogen-bond acceptors (Lipinski definition) is 4. The van der Waals surface area contributed by atoms with Gasteiger partial charge in [-0.05, 0) is 33.1 Å². The largest absolute Gasteiger partial charge is 0.441 e. The van der Waals surface area contributed by atoms with Gasteiger partial charge in [0.25, 0.3) is 0 Å². The number of oxazole rings is 1. The first kappa shape index (κ1) is 17.7. The second-order valence-electron chi connectivity index (χ2n) is 7.24. The van der Waals surface area contributed by atoms with Crippen molar-refractivity contribution in [1.82, 2.24) is 9.88 Å². The number of hydrogen-bond donors (Lipinski definition) is 1. The van der Waals surface area contributed by atoms with Gasteiger partial charge in [0.1, 0.15) is 0 Å². The first-order chi connectivity index (χ1) is 11.9. The van der Waals surface area contributed by atoms with Crippen LogP contribution < -0.4 is 0 Å². The van der Waals surface area contributed by atoms with E-state index in [1.165, 1.54) is 0 Å². The minimum absolute atomic E-state index is 0.0774. The number of carbonyl (C=O) groups excluding carboxylic acids is 1. The molecule has 0 saturated carbocycles. The van der Waals surface area contributed by atoms with Crippen molar-refractivity contribution in [2.45, 2.75) is 57.6 Å². The molecule has 1 N–H and O–H groups in total. The van der Waals surface area contributed by atoms with Gasteiger partial charge in [-0.3, -0.25) is 4.79 Å². The van der Waals surface area contributed by atoms with Gasteiger partial charge in [-0.25, -0.2) is 4.98 Å². The fourth-order valence-electron chi connectivity index (χ4n) is 3.50. The topological polar surface area (TPSA) is 66.6 Å². The number of nitrogens with zero attached hydrogens (tertiary/aromatic N) is 2. The van der Waals surface area contributed by atoms with Gasteiger partial charge in [-0.2, -0.15) is 0 Å². The van der Waals surface area contributed by atoms with E-state index < -0.39 is 5.60 Å². The second-order valence-corrected chi connectivity index (χ2v) is 7.24. The number of aliphatic hydroxyl groups is 1. The summed E-state index contributed by atoms with van der Waals surface area (Å²) in [7, 11) is 0. The van der Waals surface area contributed by atoms with Gasteiger partial charge in [0.2, 0.25) is 5.91 Å². The van der Waals surface area contributed by atoms with Crippen LogP contribution in [0.1, 0.15) is 45.4 Å². The molecular weight excluding hydrogens is 316 g/mol. The van der Waals surface area contributed by atoms with E-state index in [0.717, 1.165) is 30.7 Å². The maximum atomic E-state index is 12.5. The Balaban J connectivity index is 1.52. The Kier molecular flexibility index (Phi) is 5.23. The number of likely N-dealkylation sites (tertiary alicyclic amines) is 1. The first-order valence-electron chi connectivity index (χ1n) is 8.97. The molecule has 1 aromatic carbocycles. The molecule has 1 aromatic heterocycles. The van der Waals surface area contributed by atoms with Crippen LogP contribution in [0, 0.1) is 0 Å². The molecule has 0 bridgehead atoms. The molecule has 1 aliphatic heterocycles. The van der Waals surface area contributed by atoms with E-state index in [2.05, 4.69) is 4.98 Å². The molecule has 0 radical (unpaired) electrons. The Morgan fingerprint density at radius 3 is 2.84 bits per heavy atom. The summed E-state index contributed by atoms with van der Waals surface area (Å²) in [6.07, 6.45) is 5.35. The lowest BCUT2D eigenvalue weighted by Crippen LogP contribution is -2.48. The predicted molar refractivity (Wildman–Crippen MR) is 95.9 cm³/mol. The van der Waals surface area contributed by atoms with E-state index in [1.807, 2.05) is 35.2 Å². The SMILES string of the molecule is CC(C)(O)C1CCCN1C(=O)CCCc1ncc(-c2ccccc2)o1. The highest BCUT2D eigenvalue weighted by atomic mass is 16.4. The number of aromatic nitrogens is 1. The Morgan fingerprint density at radius 1 is 1.36 bits per heavy atom. The zero-order valence-electron chi connectivity index (χ0n) is 14.9. The fourth-order valence-corrected chi connectivity index (χ4v) is 3.50. The lowest BCUT2D eigenvalue weighted by atomic mass is 9.96. The summed E-state index contributed by atoms with van der Waals surface area (Å²) in [5.74, 6) is 1.52. The van der Waals surface area contributed by atoms with Crippen LogP contribution in [0.5, 0.6) is 0 Å². The summed E-state index contributed by atoms with van der Waals surface area (Å²) in [5, 5.41) is 10.2. The summed E-state index contributed by atoms with van der Waals surface area (Å²) in [6, 6.07) is 9.78. The quantitative estimate of drug-likeness (QED) is 0.873. The maximum absolute atomic E-state index is 12.5. The van der Waals surface area contributed by atoms with E-state index >= 15 is 0 Å². The van der Waals surface area contributed by atoms with Crippen molar-refractivity contribution >= 4 is 5.91 Å². The van der Waals surface area contributed by atoms with Crippen molar-refractivity contribution in [3.63, 3.8) is 0 Å². The molecule has 1 atom stereocenters. The van der Waals surface area contributed by atoms with E-state index in [-0.39, 0.29) is 11.9 Å². The van der Waals surface area contributed by atoms with Gasteiger partial charge in [-0.15, -0.1) is 0 Å². The third-order valence-corrected chi connectivity index (χ3v) is 4.78. The Morgan fingerprint density at radius 2 is 2.12 bits per heavy atom. The molecule has 2 heterocycles. The number of rotatable bonds is 6. The van der Waals surface area contributed by atoms with Crippen LogP contribution in [-0.4, -0.2) is 39.1 Å². The Bertz CT molecular complexity index is 703. The van der Waals surface area contributed by atoms with Crippen molar-refractivity contribution in [1.29, 1.82) is 0 Å². The molecule has 0 spiro atoms. The highest BCUT2D eigenvalue weighted by molar-refractivity contribution is 5.77. The molecule has 5 heteroatoms. The van der Waals surface area contributed by atoms with Crippen molar-refractivity contribution in [2.24, 2.45) is 0 Å². The van der Waals surface area contributed by atoms with Gasteiger partial charge >= 0.3 is 0 Å². The van der Waals surface area contributed by atoms with E-state index in [9.17, 15) is 9.90 Å². The van der Waals surface area contributed by atoms with Crippen molar-refractivity contribution in [3.05, 3.63) is 42.4 Å². The molecule has 1 fully saturated rings. The Labute approximate surface area is 148 Å². The molecule has 25 heavy (non-hydrogen) atoms. The second kappa shape index (κ2) is 7.40. The van der Waals surface area contributed by atoms with Crippen LogP contribution in [0.3, 0.4) is 0 Å².